The molecule has 140 valence electrons. The Labute approximate surface area is 151 Å². The quantitative estimate of drug-likeness (QED) is 0.751. The third kappa shape index (κ3) is 3.86. The minimum atomic E-state index is -4.47. The van der Waals surface area contributed by atoms with E-state index in [0.29, 0.717) is 11.5 Å². The molecule has 0 radical (unpaired) electrons. The van der Waals surface area contributed by atoms with Crippen molar-refractivity contribution in [2.24, 2.45) is 0 Å². The molecular weight excluding hydrogens is 363 g/mol. The smallest absolute Gasteiger partial charge is 0.416 e. The Bertz CT molecular complexity index is 998. The van der Waals surface area contributed by atoms with E-state index in [4.69, 9.17) is 15.2 Å². The zero-order valence-corrected chi connectivity index (χ0v) is 14.0. The van der Waals surface area contributed by atoms with E-state index in [1.54, 1.807) is 24.3 Å². The first-order chi connectivity index (χ1) is 12.8. The second-order valence-electron chi connectivity index (χ2n) is 5.47. The minimum absolute atomic E-state index is 0.000945. The van der Waals surface area contributed by atoms with Crippen LogP contribution in [0.1, 0.15) is 5.56 Å². The molecule has 0 aliphatic carbocycles. The summed E-state index contributed by atoms with van der Waals surface area (Å²) in [6.07, 6.45) is -3.28. The lowest BCUT2D eigenvalue weighted by atomic mass is 10.2. The summed E-state index contributed by atoms with van der Waals surface area (Å²) in [5.74, 6) is 0.757. The maximum absolute atomic E-state index is 12.7. The third-order valence-corrected chi connectivity index (χ3v) is 3.68. The molecule has 2 aromatic carbocycles. The van der Waals surface area contributed by atoms with Crippen molar-refractivity contribution in [1.82, 2.24) is 9.78 Å². The number of ether oxygens (including phenoxy) is 2. The predicted molar refractivity (Wildman–Crippen MR) is 92.3 cm³/mol. The first-order valence-corrected chi connectivity index (χ1v) is 7.67. The van der Waals surface area contributed by atoms with Crippen LogP contribution >= 0.6 is 0 Å². The maximum Gasteiger partial charge on any atom is 0.416 e. The highest BCUT2D eigenvalue weighted by Crippen LogP contribution is 2.30. The zero-order valence-electron chi connectivity index (χ0n) is 14.0. The Morgan fingerprint density at radius 3 is 2.15 bits per heavy atom. The second kappa shape index (κ2) is 7.02. The van der Waals surface area contributed by atoms with E-state index in [1.165, 1.54) is 13.3 Å². The number of methoxy groups -OCH3 is 1. The molecule has 0 saturated carbocycles. The fourth-order valence-electron chi connectivity index (χ4n) is 2.29. The average Bonchev–Trinajstić information content (AvgIpc) is 2.65. The first-order valence-electron chi connectivity index (χ1n) is 7.67. The number of hydrogen-bond donors (Lipinski definition) is 1. The van der Waals surface area contributed by atoms with Gasteiger partial charge in [0.2, 0.25) is 5.75 Å². The van der Waals surface area contributed by atoms with Crippen LogP contribution in [0, 0.1) is 0 Å². The van der Waals surface area contributed by atoms with Crippen LogP contribution in [0.4, 0.5) is 18.9 Å². The van der Waals surface area contributed by atoms with Crippen molar-refractivity contribution in [3.63, 3.8) is 0 Å². The molecule has 1 aromatic heterocycles. The van der Waals surface area contributed by atoms with E-state index in [2.05, 4.69) is 5.10 Å². The molecule has 0 atom stereocenters. The molecule has 0 aliphatic rings. The first kappa shape index (κ1) is 18.3. The molecule has 0 aliphatic heterocycles. The molecule has 6 nitrogen and oxygen atoms in total. The summed E-state index contributed by atoms with van der Waals surface area (Å²) in [6, 6.07) is 10.5. The molecule has 0 unspecified atom stereocenters. The van der Waals surface area contributed by atoms with Gasteiger partial charge in [-0.3, -0.25) is 4.79 Å². The number of nitrogens with two attached hydrogens (primary N) is 1. The van der Waals surface area contributed by atoms with Gasteiger partial charge in [0, 0.05) is 0 Å². The summed E-state index contributed by atoms with van der Waals surface area (Å²) in [6.45, 7) is 0. The lowest BCUT2D eigenvalue weighted by molar-refractivity contribution is -0.137. The van der Waals surface area contributed by atoms with Crippen LogP contribution < -0.4 is 20.8 Å². The number of rotatable bonds is 4. The van der Waals surface area contributed by atoms with Crippen molar-refractivity contribution in [3.05, 3.63) is 70.6 Å². The fraction of sp³-hybridized carbons (Fsp3) is 0.111. The molecule has 0 amide bonds. The summed E-state index contributed by atoms with van der Waals surface area (Å²) in [5, 5.41) is 3.87. The topological polar surface area (TPSA) is 79.4 Å². The monoisotopic (exact) mass is 377 g/mol. The van der Waals surface area contributed by atoms with Crippen LogP contribution in [-0.4, -0.2) is 16.9 Å². The van der Waals surface area contributed by atoms with Crippen LogP contribution in [-0.2, 0) is 6.18 Å². The summed E-state index contributed by atoms with van der Waals surface area (Å²) >= 11 is 0. The van der Waals surface area contributed by atoms with Crippen molar-refractivity contribution < 1.29 is 22.6 Å². The largest absolute Gasteiger partial charge is 0.497 e. The highest BCUT2D eigenvalue weighted by atomic mass is 19.4. The SMILES string of the molecule is COc1ccc(Oc2c(N)cnn(-c3ccc(C(F)(F)F)cc3)c2=O)cc1. The van der Waals surface area contributed by atoms with E-state index in [0.717, 1.165) is 28.9 Å². The predicted octanol–water partition coefficient (Wildman–Crippen LogP) is 3.63. The lowest BCUT2D eigenvalue weighted by Gasteiger charge is -2.12. The van der Waals surface area contributed by atoms with E-state index >= 15 is 0 Å². The number of alkyl halides is 3. The van der Waals surface area contributed by atoms with Gasteiger partial charge >= 0.3 is 11.7 Å². The molecule has 1 heterocycles. The number of anilines is 1. The van der Waals surface area contributed by atoms with Crippen molar-refractivity contribution >= 4 is 5.69 Å². The summed E-state index contributed by atoms with van der Waals surface area (Å²) in [5.41, 5.74) is 4.39. The molecule has 3 rings (SSSR count). The molecule has 0 fully saturated rings. The highest BCUT2D eigenvalue weighted by Gasteiger charge is 2.30. The van der Waals surface area contributed by atoms with Gasteiger partial charge in [-0.1, -0.05) is 0 Å². The van der Waals surface area contributed by atoms with Gasteiger partial charge in [-0.2, -0.15) is 23.0 Å². The summed E-state index contributed by atoms with van der Waals surface area (Å²) < 4.78 is 49.6. The summed E-state index contributed by atoms with van der Waals surface area (Å²) in [7, 11) is 1.51. The Kier molecular flexibility index (Phi) is 4.76. The average molecular weight is 377 g/mol. The molecule has 0 bridgehead atoms. The van der Waals surface area contributed by atoms with Crippen LogP contribution in [0.15, 0.2) is 59.5 Å². The number of hydrogen-bond acceptors (Lipinski definition) is 5. The van der Waals surface area contributed by atoms with Gasteiger partial charge in [0.1, 0.15) is 17.2 Å². The minimum Gasteiger partial charge on any atom is -0.497 e. The van der Waals surface area contributed by atoms with Gasteiger partial charge in [0.15, 0.2) is 0 Å². The summed E-state index contributed by atoms with van der Waals surface area (Å²) in [4.78, 5) is 12.6. The zero-order chi connectivity index (χ0) is 19.6. The number of halogens is 3. The van der Waals surface area contributed by atoms with Gasteiger partial charge in [-0.15, -0.1) is 0 Å². The molecule has 3 aromatic rings. The lowest BCUT2D eigenvalue weighted by Crippen LogP contribution is -2.23. The highest BCUT2D eigenvalue weighted by molar-refractivity contribution is 5.52. The normalized spacial score (nSPS) is 11.3. The van der Waals surface area contributed by atoms with E-state index in [-0.39, 0.29) is 17.1 Å². The maximum atomic E-state index is 12.7. The van der Waals surface area contributed by atoms with Crippen LogP contribution in [0.3, 0.4) is 0 Å². The third-order valence-electron chi connectivity index (χ3n) is 3.68. The molecule has 2 N–H and O–H groups in total. The van der Waals surface area contributed by atoms with Gasteiger partial charge in [0.25, 0.3) is 0 Å². The Morgan fingerprint density at radius 1 is 1.00 bits per heavy atom. The van der Waals surface area contributed by atoms with Gasteiger partial charge < -0.3 is 15.2 Å². The van der Waals surface area contributed by atoms with Crippen molar-refractivity contribution in [3.8, 4) is 22.9 Å². The molecule has 0 saturated heterocycles. The van der Waals surface area contributed by atoms with Crippen LogP contribution in [0.5, 0.6) is 17.2 Å². The van der Waals surface area contributed by atoms with Crippen LogP contribution in [0.25, 0.3) is 5.69 Å². The van der Waals surface area contributed by atoms with Crippen molar-refractivity contribution in [2.75, 3.05) is 12.8 Å². The fourth-order valence-corrected chi connectivity index (χ4v) is 2.29. The molecule has 0 spiro atoms. The Hall–Kier alpha value is -3.49. The molecule has 9 heteroatoms. The second-order valence-corrected chi connectivity index (χ2v) is 5.47. The van der Waals surface area contributed by atoms with E-state index in [9.17, 15) is 18.0 Å². The Morgan fingerprint density at radius 2 is 1.59 bits per heavy atom. The number of nitrogen functional groups attached to an aromatic ring is 1. The number of aromatic nitrogens is 2. The Balaban J connectivity index is 1.96. The number of nitrogens with zero attached hydrogens (tertiary/aromatic N) is 2. The molecular formula is C18H14F3N3O3. The van der Waals surface area contributed by atoms with Gasteiger partial charge in [-0.05, 0) is 48.5 Å². The van der Waals surface area contributed by atoms with Crippen molar-refractivity contribution in [1.29, 1.82) is 0 Å². The van der Waals surface area contributed by atoms with Gasteiger partial charge in [-0.25, -0.2) is 0 Å². The van der Waals surface area contributed by atoms with Crippen molar-refractivity contribution in [2.45, 2.75) is 6.18 Å². The van der Waals surface area contributed by atoms with Crippen LogP contribution in [0.2, 0.25) is 0 Å². The molecule has 27 heavy (non-hydrogen) atoms. The van der Waals surface area contributed by atoms with E-state index in [1.807, 2.05) is 0 Å². The van der Waals surface area contributed by atoms with E-state index < -0.39 is 17.3 Å². The van der Waals surface area contributed by atoms with Gasteiger partial charge in [0.05, 0.1) is 24.6 Å². The number of benzene rings is 2. The standard InChI is InChI=1S/C18H14F3N3O3/c1-26-13-6-8-14(9-7-13)27-16-15(22)10-23-24(17(16)25)12-4-2-11(3-5-12)18(19,20)21/h2-10H,22H2,1H3.